The Balaban J connectivity index is 1.83. The summed E-state index contributed by atoms with van der Waals surface area (Å²) in [6.07, 6.45) is 6.59. The summed E-state index contributed by atoms with van der Waals surface area (Å²) in [6, 6.07) is 3.41. The lowest BCUT2D eigenvalue weighted by Crippen LogP contribution is -2.30. The van der Waals surface area contributed by atoms with Gasteiger partial charge in [-0.25, -0.2) is 0 Å². The number of hydrogen-bond acceptors (Lipinski definition) is 5. The Labute approximate surface area is 113 Å². The van der Waals surface area contributed by atoms with Gasteiger partial charge >= 0.3 is 5.82 Å². The molecule has 1 aliphatic rings. The molecule has 1 saturated heterocycles. The van der Waals surface area contributed by atoms with E-state index >= 15 is 0 Å². The Morgan fingerprint density at radius 2 is 2.05 bits per heavy atom. The first kappa shape index (κ1) is 13.7. The molecule has 0 bridgehead atoms. The summed E-state index contributed by atoms with van der Waals surface area (Å²) in [4.78, 5) is 16.6. The molecule has 0 saturated carbocycles. The summed E-state index contributed by atoms with van der Waals surface area (Å²) < 4.78 is 0. The zero-order valence-electron chi connectivity index (χ0n) is 11.0. The SMILES string of the molecule is O=[N+]([O-])c1ncccc1NCCN1CCCCCC1. The van der Waals surface area contributed by atoms with Gasteiger partial charge in [-0.15, -0.1) is 0 Å². The third kappa shape index (κ3) is 4.17. The third-order valence-electron chi connectivity index (χ3n) is 3.40. The quantitative estimate of drug-likeness (QED) is 0.652. The molecular weight excluding hydrogens is 244 g/mol. The third-order valence-corrected chi connectivity index (χ3v) is 3.40. The van der Waals surface area contributed by atoms with E-state index in [1.165, 1.54) is 31.9 Å². The highest BCUT2D eigenvalue weighted by molar-refractivity contribution is 5.56. The highest BCUT2D eigenvalue weighted by Crippen LogP contribution is 2.19. The molecule has 1 aromatic rings. The van der Waals surface area contributed by atoms with Crippen LogP contribution in [0.4, 0.5) is 11.5 Å². The van der Waals surface area contributed by atoms with Gasteiger partial charge in [0.2, 0.25) is 0 Å². The van der Waals surface area contributed by atoms with Gasteiger partial charge < -0.3 is 20.3 Å². The van der Waals surface area contributed by atoms with Crippen LogP contribution in [0.1, 0.15) is 25.7 Å². The lowest BCUT2D eigenvalue weighted by Gasteiger charge is -2.19. The lowest BCUT2D eigenvalue weighted by molar-refractivity contribution is -0.388. The molecule has 2 rings (SSSR count). The van der Waals surface area contributed by atoms with E-state index < -0.39 is 4.92 Å². The van der Waals surface area contributed by atoms with Crippen molar-refractivity contribution < 1.29 is 4.92 Å². The van der Waals surface area contributed by atoms with Crippen LogP contribution in [0.2, 0.25) is 0 Å². The van der Waals surface area contributed by atoms with E-state index in [0.717, 1.165) is 19.6 Å². The van der Waals surface area contributed by atoms with Crippen LogP contribution in [-0.4, -0.2) is 41.0 Å². The van der Waals surface area contributed by atoms with Crippen LogP contribution in [0.3, 0.4) is 0 Å². The van der Waals surface area contributed by atoms with Gasteiger partial charge in [0.05, 0.1) is 0 Å². The van der Waals surface area contributed by atoms with E-state index in [1.807, 2.05) is 0 Å². The number of nitrogens with one attached hydrogen (secondary N) is 1. The number of likely N-dealkylation sites (tertiary alicyclic amines) is 1. The van der Waals surface area contributed by atoms with E-state index in [1.54, 1.807) is 12.1 Å². The molecule has 0 unspecified atom stereocenters. The zero-order valence-corrected chi connectivity index (χ0v) is 11.0. The molecule has 0 spiro atoms. The minimum atomic E-state index is -0.450. The van der Waals surface area contributed by atoms with Crippen molar-refractivity contribution in [3.8, 4) is 0 Å². The summed E-state index contributed by atoms with van der Waals surface area (Å²) in [5.74, 6) is -0.0987. The summed E-state index contributed by atoms with van der Waals surface area (Å²) >= 11 is 0. The molecule has 0 atom stereocenters. The van der Waals surface area contributed by atoms with Gasteiger partial charge in [0.1, 0.15) is 11.9 Å². The molecule has 104 valence electrons. The van der Waals surface area contributed by atoms with Gasteiger partial charge in [-0.05, 0) is 48.0 Å². The minimum absolute atomic E-state index is 0.0987. The Kier molecular flexibility index (Phi) is 5.09. The number of pyridine rings is 1. The number of nitro groups is 1. The highest BCUT2D eigenvalue weighted by atomic mass is 16.6. The second-order valence-corrected chi connectivity index (χ2v) is 4.81. The topological polar surface area (TPSA) is 71.3 Å². The lowest BCUT2D eigenvalue weighted by atomic mass is 10.2. The number of rotatable bonds is 5. The van der Waals surface area contributed by atoms with Crippen LogP contribution in [-0.2, 0) is 0 Å². The average Bonchev–Trinajstić information content (AvgIpc) is 2.68. The van der Waals surface area contributed by atoms with E-state index in [4.69, 9.17) is 0 Å². The molecule has 1 N–H and O–H groups in total. The largest absolute Gasteiger partial charge is 0.386 e. The predicted octanol–water partition coefficient (Wildman–Crippen LogP) is 2.28. The fourth-order valence-electron chi connectivity index (χ4n) is 2.39. The number of hydrogen-bond donors (Lipinski definition) is 1. The second kappa shape index (κ2) is 7.04. The van der Waals surface area contributed by atoms with Gasteiger partial charge in [-0.3, -0.25) is 0 Å². The molecule has 2 heterocycles. The maximum absolute atomic E-state index is 10.8. The summed E-state index contributed by atoms with van der Waals surface area (Å²) in [7, 11) is 0. The van der Waals surface area contributed by atoms with Gasteiger partial charge in [-0.2, -0.15) is 0 Å². The Bertz CT molecular complexity index is 417. The maximum Gasteiger partial charge on any atom is 0.386 e. The average molecular weight is 264 g/mol. The molecule has 19 heavy (non-hydrogen) atoms. The zero-order chi connectivity index (χ0) is 13.5. The molecule has 0 amide bonds. The van der Waals surface area contributed by atoms with Crippen LogP contribution in [0.5, 0.6) is 0 Å². The Hall–Kier alpha value is -1.69. The van der Waals surface area contributed by atoms with E-state index in [-0.39, 0.29) is 5.82 Å². The van der Waals surface area contributed by atoms with Gasteiger partial charge in [0.15, 0.2) is 0 Å². The van der Waals surface area contributed by atoms with Gasteiger partial charge in [-0.1, -0.05) is 12.8 Å². The van der Waals surface area contributed by atoms with Gasteiger partial charge in [0, 0.05) is 13.1 Å². The van der Waals surface area contributed by atoms with E-state index in [9.17, 15) is 10.1 Å². The predicted molar refractivity (Wildman–Crippen MR) is 74.3 cm³/mol. The van der Waals surface area contributed by atoms with E-state index in [2.05, 4.69) is 15.2 Å². The first-order valence-corrected chi connectivity index (χ1v) is 6.83. The summed E-state index contributed by atoms with van der Waals surface area (Å²) in [6.45, 7) is 3.91. The minimum Gasteiger partial charge on any atom is -0.377 e. The molecule has 1 fully saturated rings. The summed E-state index contributed by atoms with van der Waals surface area (Å²) in [5, 5.41) is 13.9. The fraction of sp³-hybridized carbons (Fsp3) is 0.615. The molecule has 1 aromatic heterocycles. The molecular formula is C13H20N4O2. The highest BCUT2D eigenvalue weighted by Gasteiger charge is 2.14. The first-order chi connectivity index (χ1) is 9.27. The normalized spacial score (nSPS) is 16.8. The van der Waals surface area contributed by atoms with Crippen molar-refractivity contribution in [1.82, 2.24) is 9.88 Å². The standard InChI is InChI=1S/C13H20N4O2/c18-17(19)13-12(6-5-7-15-13)14-8-11-16-9-3-1-2-4-10-16/h5-7,14H,1-4,8-11H2. The van der Waals surface area contributed by atoms with Crippen molar-refractivity contribution >= 4 is 11.5 Å². The molecule has 0 aliphatic carbocycles. The fourth-order valence-corrected chi connectivity index (χ4v) is 2.39. The molecule has 6 nitrogen and oxygen atoms in total. The number of anilines is 1. The van der Waals surface area contributed by atoms with Crippen LogP contribution >= 0.6 is 0 Å². The van der Waals surface area contributed by atoms with E-state index in [0.29, 0.717) is 12.2 Å². The van der Waals surface area contributed by atoms with Crippen molar-refractivity contribution in [1.29, 1.82) is 0 Å². The van der Waals surface area contributed by atoms with Crippen LogP contribution in [0.25, 0.3) is 0 Å². The van der Waals surface area contributed by atoms with Gasteiger partial charge in [0.25, 0.3) is 0 Å². The summed E-state index contributed by atoms with van der Waals surface area (Å²) in [5.41, 5.74) is 0.502. The van der Waals surface area contributed by atoms with Crippen molar-refractivity contribution in [2.24, 2.45) is 0 Å². The number of aromatic nitrogens is 1. The van der Waals surface area contributed by atoms with Crippen molar-refractivity contribution in [2.45, 2.75) is 25.7 Å². The molecule has 6 heteroatoms. The molecule has 1 aliphatic heterocycles. The maximum atomic E-state index is 10.8. The number of nitrogens with zero attached hydrogens (tertiary/aromatic N) is 3. The smallest absolute Gasteiger partial charge is 0.377 e. The van der Waals surface area contributed by atoms with Crippen molar-refractivity contribution in [3.05, 3.63) is 28.4 Å². The van der Waals surface area contributed by atoms with Crippen molar-refractivity contribution in [3.63, 3.8) is 0 Å². The molecule has 0 aromatic carbocycles. The van der Waals surface area contributed by atoms with Crippen LogP contribution in [0, 0.1) is 10.1 Å². The Morgan fingerprint density at radius 3 is 2.74 bits per heavy atom. The monoisotopic (exact) mass is 264 g/mol. The Morgan fingerprint density at radius 1 is 1.32 bits per heavy atom. The first-order valence-electron chi connectivity index (χ1n) is 6.83. The molecule has 0 radical (unpaired) electrons. The van der Waals surface area contributed by atoms with Crippen molar-refractivity contribution in [2.75, 3.05) is 31.5 Å². The second-order valence-electron chi connectivity index (χ2n) is 4.81. The van der Waals surface area contributed by atoms with Crippen LogP contribution < -0.4 is 5.32 Å². The van der Waals surface area contributed by atoms with Crippen LogP contribution in [0.15, 0.2) is 18.3 Å².